The van der Waals surface area contributed by atoms with Crippen molar-refractivity contribution in [2.24, 2.45) is 0 Å². The lowest BCUT2D eigenvalue weighted by Gasteiger charge is -2.13. The number of nitrogens with zero attached hydrogens (tertiary/aromatic N) is 2. The maximum absolute atomic E-state index is 12.2. The van der Waals surface area contributed by atoms with Crippen LogP contribution in [-0.2, 0) is 16.1 Å². The van der Waals surface area contributed by atoms with E-state index in [1.165, 1.54) is 18.7 Å². The second-order valence-electron chi connectivity index (χ2n) is 4.91. The van der Waals surface area contributed by atoms with Crippen LogP contribution < -0.4 is 16.2 Å². The quantitative estimate of drug-likeness (QED) is 0.823. The predicted molar refractivity (Wildman–Crippen MR) is 84.0 cm³/mol. The molecule has 2 rings (SSSR count). The van der Waals surface area contributed by atoms with Crippen molar-refractivity contribution in [1.82, 2.24) is 20.4 Å². The number of hydrogen-bond acceptors (Lipinski definition) is 5. The van der Waals surface area contributed by atoms with Crippen molar-refractivity contribution in [2.75, 3.05) is 13.7 Å². The topological polar surface area (TPSA) is 102 Å². The van der Waals surface area contributed by atoms with E-state index in [2.05, 4.69) is 20.5 Å². The molecule has 8 heteroatoms. The molecule has 0 spiro atoms. The summed E-state index contributed by atoms with van der Waals surface area (Å²) in [5, 5.41) is 10.4. The molecule has 2 aromatic rings. The van der Waals surface area contributed by atoms with Gasteiger partial charge in [0.25, 0.3) is 5.56 Å². The van der Waals surface area contributed by atoms with Crippen molar-refractivity contribution in [3.8, 4) is 0 Å². The minimum atomic E-state index is -0.733. The van der Waals surface area contributed by atoms with Crippen molar-refractivity contribution >= 4 is 22.8 Å². The molecule has 23 heavy (non-hydrogen) atoms. The van der Waals surface area contributed by atoms with E-state index in [-0.39, 0.29) is 24.6 Å². The zero-order valence-electron chi connectivity index (χ0n) is 12.9. The number of ether oxygens (including phenoxy) is 1. The first-order chi connectivity index (χ1) is 11.0. The maximum atomic E-state index is 12.2. The summed E-state index contributed by atoms with van der Waals surface area (Å²) in [5.41, 5.74) is -0.210. The molecule has 1 heterocycles. The molecule has 8 nitrogen and oxygen atoms in total. The number of benzene rings is 1. The Morgan fingerprint density at radius 1 is 1.35 bits per heavy atom. The lowest BCUT2D eigenvalue weighted by molar-refractivity contribution is -0.122. The van der Waals surface area contributed by atoms with Crippen LogP contribution >= 0.6 is 0 Å². The van der Waals surface area contributed by atoms with Gasteiger partial charge in [-0.2, -0.15) is 5.10 Å². The van der Waals surface area contributed by atoms with Crippen LogP contribution in [0, 0.1) is 0 Å². The van der Waals surface area contributed by atoms with Gasteiger partial charge in [0.05, 0.1) is 25.2 Å². The molecule has 0 unspecified atom stereocenters. The number of fused-ring (bicyclic) bond motifs is 1. The van der Waals surface area contributed by atoms with Crippen LogP contribution in [0.4, 0.5) is 4.79 Å². The number of methoxy groups -OCH3 is 1. The number of alkyl carbamates (subject to hydrolysis) is 1. The zero-order chi connectivity index (χ0) is 16.8. The molecule has 1 aromatic heterocycles. The Bertz CT molecular complexity index is 771. The number of rotatable bonds is 5. The van der Waals surface area contributed by atoms with Gasteiger partial charge in [0.1, 0.15) is 6.04 Å². The minimum Gasteiger partial charge on any atom is -0.453 e. The average Bonchev–Trinajstić information content (AvgIpc) is 2.56. The largest absolute Gasteiger partial charge is 0.453 e. The summed E-state index contributed by atoms with van der Waals surface area (Å²) in [6, 6.07) is 6.44. The molecule has 122 valence electrons. The summed E-state index contributed by atoms with van der Waals surface area (Å²) in [5.74, 6) is -0.371. The number of nitrogens with one attached hydrogen (secondary N) is 2. The predicted octanol–water partition coefficient (Wildman–Crippen LogP) is 0.257. The smallest absolute Gasteiger partial charge is 0.407 e. The van der Waals surface area contributed by atoms with Crippen LogP contribution in [0.3, 0.4) is 0 Å². The molecule has 0 fully saturated rings. The summed E-state index contributed by atoms with van der Waals surface area (Å²) in [6.45, 7) is 1.99. The van der Waals surface area contributed by atoms with Crippen LogP contribution in [0.2, 0.25) is 0 Å². The maximum Gasteiger partial charge on any atom is 0.407 e. The third kappa shape index (κ3) is 4.06. The third-order valence-corrected chi connectivity index (χ3v) is 3.30. The third-order valence-electron chi connectivity index (χ3n) is 3.30. The average molecular weight is 318 g/mol. The Balaban J connectivity index is 1.94. The Morgan fingerprint density at radius 3 is 2.83 bits per heavy atom. The van der Waals surface area contributed by atoms with E-state index in [0.717, 1.165) is 5.39 Å². The Morgan fingerprint density at radius 2 is 2.09 bits per heavy atom. The van der Waals surface area contributed by atoms with E-state index in [9.17, 15) is 14.4 Å². The Kier molecular flexibility index (Phi) is 5.29. The number of carbonyl (C=O) groups is 2. The first-order valence-corrected chi connectivity index (χ1v) is 7.10. The summed E-state index contributed by atoms with van der Waals surface area (Å²) in [4.78, 5) is 35.1. The van der Waals surface area contributed by atoms with Gasteiger partial charge in [0.2, 0.25) is 5.91 Å². The standard InChI is InChI=1S/C15H18N4O4/c1-10(18-15(22)23-2)13(20)16-7-8-19-14(21)12-6-4-3-5-11(12)9-17-19/h3-6,9-10H,7-8H2,1-2H3,(H,16,20)(H,18,22)/t10-/m0/s1. The number of amides is 2. The van der Waals surface area contributed by atoms with Crippen molar-refractivity contribution in [3.05, 3.63) is 40.8 Å². The van der Waals surface area contributed by atoms with Gasteiger partial charge in [-0.1, -0.05) is 18.2 Å². The van der Waals surface area contributed by atoms with E-state index in [0.29, 0.717) is 5.39 Å². The molecule has 0 bridgehead atoms. The monoisotopic (exact) mass is 318 g/mol. The molecule has 2 N–H and O–H groups in total. The highest BCUT2D eigenvalue weighted by atomic mass is 16.5. The van der Waals surface area contributed by atoms with Gasteiger partial charge in [0.15, 0.2) is 0 Å². The van der Waals surface area contributed by atoms with Crippen LogP contribution in [0.25, 0.3) is 10.8 Å². The number of carbonyl (C=O) groups excluding carboxylic acids is 2. The first kappa shape index (κ1) is 16.5. The second-order valence-corrected chi connectivity index (χ2v) is 4.91. The molecule has 1 atom stereocenters. The summed E-state index contributed by atoms with van der Waals surface area (Å²) in [7, 11) is 1.22. The molecular formula is C15H18N4O4. The van der Waals surface area contributed by atoms with Gasteiger partial charge in [0, 0.05) is 11.9 Å². The fraction of sp³-hybridized carbons (Fsp3) is 0.333. The minimum absolute atomic E-state index is 0.210. The van der Waals surface area contributed by atoms with E-state index in [4.69, 9.17) is 0 Å². The van der Waals surface area contributed by atoms with Gasteiger partial charge in [-0.3, -0.25) is 9.59 Å². The van der Waals surface area contributed by atoms with Crippen molar-refractivity contribution in [2.45, 2.75) is 19.5 Å². The van der Waals surface area contributed by atoms with E-state index in [1.807, 2.05) is 12.1 Å². The summed E-state index contributed by atoms with van der Waals surface area (Å²) < 4.78 is 5.71. The van der Waals surface area contributed by atoms with E-state index in [1.54, 1.807) is 18.3 Å². The Labute approximate surface area is 132 Å². The highest BCUT2D eigenvalue weighted by molar-refractivity contribution is 5.85. The lowest BCUT2D eigenvalue weighted by atomic mass is 10.2. The summed E-state index contributed by atoms with van der Waals surface area (Å²) in [6.07, 6.45) is 0.931. The molecular weight excluding hydrogens is 300 g/mol. The number of aromatic nitrogens is 2. The van der Waals surface area contributed by atoms with Crippen molar-refractivity contribution < 1.29 is 14.3 Å². The normalized spacial score (nSPS) is 11.7. The highest BCUT2D eigenvalue weighted by Crippen LogP contribution is 2.05. The molecule has 0 saturated carbocycles. The van der Waals surface area contributed by atoms with Crippen LogP contribution in [0.15, 0.2) is 35.3 Å². The van der Waals surface area contributed by atoms with Gasteiger partial charge < -0.3 is 15.4 Å². The second kappa shape index (κ2) is 7.39. The summed E-state index contributed by atoms with van der Waals surface area (Å²) >= 11 is 0. The lowest BCUT2D eigenvalue weighted by Crippen LogP contribution is -2.45. The van der Waals surface area contributed by atoms with Crippen LogP contribution in [-0.4, -0.2) is 41.5 Å². The molecule has 2 amide bonds. The molecule has 0 aliphatic heterocycles. The molecule has 0 saturated heterocycles. The molecule has 0 aliphatic carbocycles. The molecule has 0 radical (unpaired) electrons. The van der Waals surface area contributed by atoms with Gasteiger partial charge in [-0.15, -0.1) is 0 Å². The SMILES string of the molecule is COC(=O)N[C@@H](C)C(=O)NCCn1ncc2ccccc2c1=O. The number of hydrogen-bond donors (Lipinski definition) is 2. The fourth-order valence-electron chi connectivity index (χ4n) is 2.03. The van der Waals surface area contributed by atoms with Gasteiger partial charge in [-0.25, -0.2) is 9.48 Å². The first-order valence-electron chi connectivity index (χ1n) is 7.10. The van der Waals surface area contributed by atoms with Crippen molar-refractivity contribution in [3.63, 3.8) is 0 Å². The van der Waals surface area contributed by atoms with Gasteiger partial charge in [-0.05, 0) is 13.0 Å². The highest BCUT2D eigenvalue weighted by Gasteiger charge is 2.15. The van der Waals surface area contributed by atoms with Crippen molar-refractivity contribution in [1.29, 1.82) is 0 Å². The zero-order valence-corrected chi connectivity index (χ0v) is 12.9. The molecule has 1 aromatic carbocycles. The molecule has 0 aliphatic rings. The fourth-order valence-corrected chi connectivity index (χ4v) is 2.03. The van der Waals surface area contributed by atoms with E-state index >= 15 is 0 Å². The van der Waals surface area contributed by atoms with Gasteiger partial charge >= 0.3 is 6.09 Å². The van der Waals surface area contributed by atoms with Crippen LogP contribution in [0.1, 0.15) is 6.92 Å². The van der Waals surface area contributed by atoms with E-state index < -0.39 is 12.1 Å². The van der Waals surface area contributed by atoms with Crippen LogP contribution in [0.5, 0.6) is 0 Å². The Hall–Kier alpha value is -2.90.